The van der Waals surface area contributed by atoms with E-state index in [1.54, 1.807) is 6.92 Å². The Labute approximate surface area is 139 Å². The Balaban J connectivity index is 2.27. The molecular weight excluding hydrogens is 403 g/mol. The summed E-state index contributed by atoms with van der Waals surface area (Å²) in [5, 5.41) is 0.453. The quantitative estimate of drug-likeness (QED) is 0.386. The number of nitrogens with zero attached hydrogens (tertiary/aromatic N) is 1. The molecule has 7 nitrogen and oxygen atoms in total. The molecule has 4 atom stereocenters. The van der Waals surface area contributed by atoms with E-state index >= 15 is 0 Å². The van der Waals surface area contributed by atoms with Gasteiger partial charge in [-0.3, -0.25) is 14.3 Å². The molecule has 2 rings (SSSR count). The zero-order chi connectivity index (χ0) is 15.8. The Hall–Kier alpha value is 0.0400. The fourth-order valence-electron chi connectivity index (χ4n) is 2.10. The van der Waals surface area contributed by atoms with E-state index in [4.69, 9.17) is 21.1 Å². The monoisotopic (exact) mass is 416 g/mol. The van der Waals surface area contributed by atoms with E-state index in [1.165, 1.54) is 10.8 Å². The first-order valence-electron chi connectivity index (χ1n) is 5.98. The molecule has 1 aromatic rings. The lowest BCUT2D eigenvalue weighted by atomic mass is 10.2. The largest absolute Gasteiger partial charge is 0.351 e. The van der Waals surface area contributed by atoms with Gasteiger partial charge in [0.25, 0.3) is 5.56 Å². The van der Waals surface area contributed by atoms with Crippen LogP contribution in [0, 0.1) is 6.92 Å². The third-order valence-corrected chi connectivity index (χ3v) is 4.79. The van der Waals surface area contributed by atoms with Crippen molar-refractivity contribution in [1.29, 1.82) is 0 Å². The molecule has 1 unspecified atom stereocenters. The summed E-state index contributed by atoms with van der Waals surface area (Å²) in [4.78, 5) is 35.0. The zero-order valence-electron chi connectivity index (χ0n) is 10.9. The molecule has 1 aliphatic rings. The van der Waals surface area contributed by atoms with Crippen LogP contribution < -0.4 is 11.2 Å². The minimum atomic E-state index is -3.13. The molecule has 2 heterocycles. The Kier molecular flexibility index (Phi) is 5.51. The number of hydrogen-bond donors (Lipinski definition) is 3. The van der Waals surface area contributed by atoms with E-state index in [9.17, 15) is 14.5 Å². The molecule has 0 amide bonds. The fourth-order valence-corrected chi connectivity index (χ4v) is 3.94. The van der Waals surface area contributed by atoms with E-state index in [0.29, 0.717) is 17.3 Å². The smallest absolute Gasteiger partial charge is 0.330 e. The minimum absolute atomic E-state index is 0.321. The van der Waals surface area contributed by atoms with E-state index in [2.05, 4.69) is 33.2 Å². The van der Waals surface area contributed by atoms with Crippen LogP contribution in [0.15, 0.2) is 15.8 Å². The third-order valence-electron chi connectivity index (χ3n) is 3.06. The first kappa shape index (κ1) is 17.4. The summed E-state index contributed by atoms with van der Waals surface area (Å²) in [7, 11) is 0. The number of nitrogens with one attached hydrogen (secondary N) is 1. The normalized spacial score (nSPS) is 28.5. The minimum Gasteiger partial charge on any atom is -0.351 e. The van der Waals surface area contributed by atoms with Gasteiger partial charge in [0.1, 0.15) is 6.23 Å². The van der Waals surface area contributed by atoms with Crippen LogP contribution in [0.1, 0.15) is 18.2 Å². The van der Waals surface area contributed by atoms with Crippen LogP contribution in [0.3, 0.4) is 0 Å². The Morgan fingerprint density at radius 3 is 2.95 bits per heavy atom. The fraction of sp³-hybridized carbons (Fsp3) is 0.600. The molecule has 118 valence electrons. The summed E-state index contributed by atoms with van der Waals surface area (Å²) >= 11 is 11.9. The lowest BCUT2D eigenvalue weighted by Crippen LogP contribution is -2.33. The van der Waals surface area contributed by atoms with Crippen molar-refractivity contribution in [1.82, 2.24) is 9.55 Å². The summed E-state index contributed by atoms with van der Waals surface area (Å²) in [6.07, 6.45) is 0.296. The van der Waals surface area contributed by atoms with Gasteiger partial charge in [0, 0.05) is 23.5 Å². The van der Waals surface area contributed by atoms with E-state index < -0.39 is 29.3 Å². The van der Waals surface area contributed by atoms with Crippen molar-refractivity contribution < 1.29 is 14.2 Å². The van der Waals surface area contributed by atoms with Gasteiger partial charge in [-0.25, -0.2) is 4.79 Å². The maximum Gasteiger partial charge on any atom is 0.330 e. The van der Waals surface area contributed by atoms with Crippen molar-refractivity contribution in [3.63, 3.8) is 0 Å². The molecule has 0 saturated carbocycles. The topological polar surface area (TPSA) is 93.6 Å². The van der Waals surface area contributed by atoms with Gasteiger partial charge in [-0.05, 0) is 18.7 Å². The molecule has 1 fully saturated rings. The number of rotatable bonds is 4. The molecule has 0 radical (unpaired) electrons. The molecule has 11 heteroatoms. The first-order chi connectivity index (χ1) is 9.71. The standard InChI is InChI=1S/C10H14BrN2O5PS2/c1-5-4-13(10(15)12-9(5)14)8-2-6(7(3-11)17-8)18-19(16,20)21/h4,6-8H,2-3H2,1H3,(H,12,14,15)(H2,16,20,21)/t6-,7+,8+/m0/s1. The highest BCUT2D eigenvalue weighted by Crippen LogP contribution is 2.51. The number of ether oxygens (including phenoxy) is 1. The zero-order valence-corrected chi connectivity index (χ0v) is 15.1. The Morgan fingerprint density at radius 2 is 2.38 bits per heavy atom. The molecule has 0 aliphatic carbocycles. The van der Waals surface area contributed by atoms with Gasteiger partial charge < -0.3 is 14.2 Å². The van der Waals surface area contributed by atoms with Gasteiger partial charge in [-0.1, -0.05) is 28.2 Å². The van der Waals surface area contributed by atoms with Gasteiger partial charge in [0.2, 0.25) is 5.69 Å². The predicted molar refractivity (Wildman–Crippen MR) is 88.7 cm³/mol. The summed E-state index contributed by atoms with van der Waals surface area (Å²) in [5.41, 5.74) is -3.72. The Morgan fingerprint density at radius 1 is 1.71 bits per heavy atom. The van der Waals surface area contributed by atoms with Gasteiger partial charge >= 0.3 is 5.69 Å². The maximum absolute atomic E-state index is 11.9. The summed E-state index contributed by atoms with van der Waals surface area (Å²) in [6, 6.07) is 0. The third kappa shape index (κ3) is 4.28. The average molecular weight is 417 g/mol. The van der Waals surface area contributed by atoms with E-state index in [1.807, 2.05) is 0 Å². The lowest BCUT2D eigenvalue weighted by Gasteiger charge is -2.19. The first-order valence-corrected chi connectivity index (χ1v) is 10.9. The molecule has 1 aliphatic heterocycles. The number of H-pyrrole nitrogens is 1. The van der Waals surface area contributed by atoms with Crippen LogP contribution in [0.5, 0.6) is 0 Å². The number of aryl methyl sites for hydroxylation is 1. The molecule has 1 aromatic heterocycles. The lowest BCUT2D eigenvalue weighted by molar-refractivity contribution is -0.00310. The van der Waals surface area contributed by atoms with Gasteiger partial charge in [0.15, 0.2) is 0 Å². The summed E-state index contributed by atoms with van der Waals surface area (Å²) in [5.74, 6) is 0. The maximum atomic E-state index is 11.9. The van der Waals surface area contributed by atoms with Gasteiger partial charge in [-0.15, -0.1) is 0 Å². The second-order valence-corrected chi connectivity index (χ2v) is 10.4. The van der Waals surface area contributed by atoms with Crippen molar-refractivity contribution in [3.05, 3.63) is 32.6 Å². The highest BCUT2D eigenvalue weighted by molar-refractivity contribution is 9.09. The SMILES string of the molecule is Cc1cn([C@H]2C[C@H](OP(O)(=S)S)[C@@H](CBr)O2)c(=O)[nH]c1=O. The number of hydrogen-bond acceptors (Lipinski definition) is 5. The molecule has 0 spiro atoms. The predicted octanol–water partition coefficient (Wildman–Crippen LogP) is 1.06. The van der Waals surface area contributed by atoms with Crippen LogP contribution in [0.2, 0.25) is 0 Å². The van der Waals surface area contributed by atoms with Crippen molar-refractivity contribution in [3.8, 4) is 0 Å². The Bertz CT molecular complexity index is 687. The number of aromatic nitrogens is 2. The summed E-state index contributed by atoms with van der Waals surface area (Å²) in [6.45, 7) is 1.60. The second kappa shape index (κ2) is 6.66. The number of thiol groups is 1. The molecular formula is C10H14BrN2O5PS2. The van der Waals surface area contributed by atoms with Crippen LogP contribution in [0.4, 0.5) is 0 Å². The number of aromatic amines is 1. The van der Waals surface area contributed by atoms with E-state index in [0.717, 1.165) is 0 Å². The van der Waals surface area contributed by atoms with Crippen molar-refractivity contribution in [2.24, 2.45) is 0 Å². The van der Waals surface area contributed by atoms with Crippen LogP contribution in [-0.2, 0) is 21.1 Å². The van der Waals surface area contributed by atoms with Gasteiger partial charge in [-0.2, -0.15) is 0 Å². The number of halogens is 1. The second-order valence-electron chi connectivity index (χ2n) is 4.63. The van der Waals surface area contributed by atoms with Crippen LogP contribution >= 0.6 is 33.9 Å². The van der Waals surface area contributed by atoms with E-state index in [-0.39, 0.29) is 6.10 Å². The molecule has 21 heavy (non-hydrogen) atoms. The van der Waals surface area contributed by atoms with Crippen molar-refractivity contribution >= 4 is 45.7 Å². The highest BCUT2D eigenvalue weighted by Gasteiger charge is 2.38. The van der Waals surface area contributed by atoms with Gasteiger partial charge in [0.05, 0.1) is 12.2 Å². The van der Waals surface area contributed by atoms with Crippen LogP contribution in [0.25, 0.3) is 0 Å². The summed E-state index contributed by atoms with van der Waals surface area (Å²) < 4.78 is 12.4. The van der Waals surface area contributed by atoms with Crippen molar-refractivity contribution in [2.45, 2.75) is 31.8 Å². The molecule has 2 N–H and O–H groups in total. The molecule has 1 saturated heterocycles. The van der Waals surface area contributed by atoms with Crippen molar-refractivity contribution in [2.75, 3.05) is 5.33 Å². The van der Waals surface area contributed by atoms with Crippen LogP contribution in [-0.4, -0.2) is 32.0 Å². The molecule has 0 aromatic carbocycles. The molecule has 0 bridgehead atoms. The highest BCUT2D eigenvalue weighted by atomic mass is 79.9. The average Bonchev–Trinajstić information content (AvgIpc) is 2.74. The number of alkyl halides is 1.